The number of aromatic nitrogens is 3. The molecule has 2 heterocycles. The molecule has 0 spiro atoms. The quantitative estimate of drug-likeness (QED) is 0.205. The lowest BCUT2D eigenvalue weighted by atomic mass is 10.0. The number of hydrogen-bond donors (Lipinski definition) is 1. The maximum absolute atomic E-state index is 12.3. The number of nitrogens with zero attached hydrogens (tertiary/aromatic N) is 4. The summed E-state index contributed by atoms with van der Waals surface area (Å²) < 4.78 is 2.03. The highest BCUT2D eigenvalue weighted by atomic mass is 35.5. The largest absolute Gasteiger partial charge is 0.356 e. The van der Waals surface area contributed by atoms with Gasteiger partial charge in [-0.1, -0.05) is 71.7 Å². The predicted octanol–water partition coefficient (Wildman–Crippen LogP) is 6.42. The van der Waals surface area contributed by atoms with Crippen molar-refractivity contribution >= 4 is 40.9 Å². The highest BCUT2D eigenvalue weighted by molar-refractivity contribution is 7.99. The van der Waals surface area contributed by atoms with Crippen molar-refractivity contribution < 1.29 is 4.79 Å². The van der Waals surface area contributed by atoms with Gasteiger partial charge in [-0.3, -0.25) is 9.36 Å². The summed E-state index contributed by atoms with van der Waals surface area (Å²) >= 11 is 14.1. The molecule has 1 aromatic heterocycles. The van der Waals surface area contributed by atoms with E-state index < -0.39 is 0 Å². The summed E-state index contributed by atoms with van der Waals surface area (Å²) in [6.07, 6.45) is 6.84. The third-order valence-electron chi connectivity index (χ3n) is 6.73. The van der Waals surface area contributed by atoms with Crippen LogP contribution >= 0.6 is 35.0 Å². The molecule has 4 rings (SSSR count). The Labute approximate surface area is 234 Å². The lowest BCUT2D eigenvalue weighted by molar-refractivity contribution is -0.121. The van der Waals surface area contributed by atoms with Crippen LogP contribution in [0.3, 0.4) is 0 Å². The first kappa shape index (κ1) is 28.0. The highest BCUT2D eigenvalue weighted by Crippen LogP contribution is 2.29. The molecule has 1 N–H and O–H groups in total. The maximum Gasteiger partial charge on any atom is 0.220 e. The van der Waals surface area contributed by atoms with Crippen molar-refractivity contribution in [2.75, 3.05) is 25.4 Å². The second-order valence-corrected chi connectivity index (χ2v) is 11.4. The van der Waals surface area contributed by atoms with Crippen LogP contribution in [0.25, 0.3) is 5.69 Å². The van der Waals surface area contributed by atoms with Gasteiger partial charge in [0.2, 0.25) is 5.91 Å². The van der Waals surface area contributed by atoms with Crippen LogP contribution in [0.1, 0.15) is 56.8 Å². The Hall–Kier alpha value is -2.06. The minimum absolute atomic E-state index is 0.114. The van der Waals surface area contributed by atoms with Crippen molar-refractivity contribution in [2.45, 2.75) is 63.1 Å². The van der Waals surface area contributed by atoms with E-state index in [-0.39, 0.29) is 5.91 Å². The van der Waals surface area contributed by atoms with E-state index in [0.29, 0.717) is 28.9 Å². The van der Waals surface area contributed by atoms with Gasteiger partial charge in [-0.2, -0.15) is 0 Å². The third kappa shape index (κ3) is 8.21. The molecule has 198 valence electrons. The Balaban J connectivity index is 1.28. The van der Waals surface area contributed by atoms with Gasteiger partial charge in [0.05, 0.1) is 15.7 Å². The lowest BCUT2D eigenvalue weighted by Gasteiger charge is -2.33. The molecule has 1 fully saturated rings. The topological polar surface area (TPSA) is 63.1 Å². The molecule has 1 amide bonds. The minimum Gasteiger partial charge on any atom is -0.356 e. The Bertz CT molecular complexity index is 1160. The smallest absolute Gasteiger partial charge is 0.220 e. The fraction of sp³-hybridized carbons (Fsp3) is 0.464. The summed E-state index contributed by atoms with van der Waals surface area (Å²) in [4.78, 5) is 14.9. The van der Waals surface area contributed by atoms with Crippen LogP contribution in [0.5, 0.6) is 0 Å². The first-order chi connectivity index (χ1) is 18.0. The number of carbonyl (C=O) groups is 1. The second-order valence-electron chi connectivity index (χ2n) is 9.53. The Kier molecular flexibility index (Phi) is 10.7. The normalized spacial score (nSPS) is 16.1. The molecule has 0 radical (unpaired) electrons. The molecule has 9 heteroatoms. The van der Waals surface area contributed by atoms with Gasteiger partial charge in [-0.05, 0) is 62.9 Å². The Morgan fingerprint density at radius 3 is 2.70 bits per heavy atom. The number of rotatable bonds is 12. The van der Waals surface area contributed by atoms with Gasteiger partial charge in [0.15, 0.2) is 5.16 Å². The van der Waals surface area contributed by atoms with Gasteiger partial charge in [-0.25, -0.2) is 0 Å². The SMILES string of the molecule is CC1CCCCN1CCCNC(=O)CCCSc1nnc(Cc2ccccc2)n1-c1ccc(Cl)c(Cl)c1. The number of hydrogen-bond acceptors (Lipinski definition) is 5. The van der Waals surface area contributed by atoms with Gasteiger partial charge >= 0.3 is 0 Å². The van der Waals surface area contributed by atoms with Crippen LogP contribution in [0.2, 0.25) is 10.0 Å². The fourth-order valence-corrected chi connectivity index (χ4v) is 5.86. The highest BCUT2D eigenvalue weighted by Gasteiger charge is 2.18. The Morgan fingerprint density at radius 1 is 1.08 bits per heavy atom. The summed E-state index contributed by atoms with van der Waals surface area (Å²) in [5, 5.41) is 13.8. The number of piperidine rings is 1. The summed E-state index contributed by atoms with van der Waals surface area (Å²) in [5.41, 5.74) is 2.02. The fourth-order valence-electron chi connectivity index (χ4n) is 4.65. The average molecular weight is 561 g/mol. The van der Waals surface area contributed by atoms with E-state index in [2.05, 4.69) is 39.5 Å². The third-order valence-corrected chi connectivity index (χ3v) is 8.49. The van der Waals surface area contributed by atoms with E-state index in [4.69, 9.17) is 23.2 Å². The maximum atomic E-state index is 12.3. The zero-order valence-corrected chi connectivity index (χ0v) is 23.7. The van der Waals surface area contributed by atoms with Crippen LogP contribution < -0.4 is 5.32 Å². The average Bonchev–Trinajstić information content (AvgIpc) is 3.29. The van der Waals surface area contributed by atoms with Crippen molar-refractivity contribution in [2.24, 2.45) is 0 Å². The number of carbonyl (C=O) groups excluding carboxylic acids is 1. The molecule has 0 aliphatic carbocycles. The molecule has 1 unspecified atom stereocenters. The van der Waals surface area contributed by atoms with Crippen LogP contribution in [-0.4, -0.2) is 57.0 Å². The van der Waals surface area contributed by atoms with Crippen LogP contribution in [0, 0.1) is 0 Å². The van der Waals surface area contributed by atoms with E-state index in [1.165, 1.54) is 25.8 Å². The number of nitrogens with one attached hydrogen (secondary N) is 1. The van der Waals surface area contributed by atoms with E-state index in [1.54, 1.807) is 17.8 Å². The number of benzene rings is 2. The molecule has 2 aromatic carbocycles. The van der Waals surface area contributed by atoms with Crippen molar-refractivity contribution in [3.63, 3.8) is 0 Å². The van der Waals surface area contributed by atoms with Gasteiger partial charge in [0, 0.05) is 37.7 Å². The zero-order chi connectivity index (χ0) is 26.0. The summed E-state index contributed by atoms with van der Waals surface area (Å²) in [7, 11) is 0. The molecule has 0 saturated carbocycles. The number of halogens is 2. The van der Waals surface area contributed by atoms with E-state index in [9.17, 15) is 4.79 Å². The minimum atomic E-state index is 0.114. The van der Waals surface area contributed by atoms with E-state index in [0.717, 1.165) is 53.9 Å². The van der Waals surface area contributed by atoms with Gasteiger partial charge in [0.1, 0.15) is 5.82 Å². The lowest BCUT2D eigenvalue weighted by Crippen LogP contribution is -2.39. The second kappa shape index (κ2) is 14.2. The number of likely N-dealkylation sites (tertiary alicyclic amines) is 1. The predicted molar refractivity (Wildman–Crippen MR) is 153 cm³/mol. The Morgan fingerprint density at radius 2 is 1.92 bits per heavy atom. The first-order valence-electron chi connectivity index (χ1n) is 13.1. The van der Waals surface area contributed by atoms with Gasteiger partial charge in [-0.15, -0.1) is 10.2 Å². The van der Waals surface area contributed by atoms with Crippen LogP contribution in [0.4, 0.5) is 0 Å². The number of amides is 1. The molecule has 1 aliphatic heterocycles. The molecule has 0 bridgehead atoms. The molecule has 3 aromatic rings. The van der Waals surface area contributed by atoms with E-state index in [1.807, 2.05) is 34.9 Å². The van der Waals surface area contributed by atoms with Crippen molar-refractivity contribution in [1.29, 1.82) is 0 Å². The summed E-state index contributed by atoms with van der Waals surface area (Å²) in [6, 6.07) is 16.4. The van der Waals surface area contributed by atoms with Gasteiger partial charge in [0.25, 0.3) is 0 Å². The van der Waals surface area contributed by atoms with Crippen molar-refractivity contribution in [3.05, 3.63) is 70.0 Å². The van der Waals surface area contributed by atoms with Crippen molar-refractivity contribution in [1.82, 2.24) is 25.0 Å². The number of thioether (sulfide) groups is 1. The standard InChI is InChI=1S/C28H35Cl2N5OS/c1-21-9-5-6-16-34(21)17-8-15-31-27(36)12-7-18-37-28-33-32-26(19-22-10-3-2-4-11-22)35(28)23-13-14-24(29)25(30)20-23/h2-4,10-11,13-14,20-21H,5-9,12,15-19H2,1H3,(H,31,36). The van der Waals surface area contributed by atoms with Crippen LogP contribution in [0.15, 0.2) is 53.7 Å². The van der Waals surface area contributed by atoms with Crippen LogP contribution in [-0.2, 0) is 11.2 Å². The summed E-state index contributed by atoms with van der Waals surface area (Å²) in [6.45, 7) is 5.30. The monoisotopic (exact) mass is 559 g/mol. The molecular weight excluding hydrogens is 525 g/mol. The molecule has 1 aliphatic rings. The summed E-state index contributed by atoms with van der Waals surface area (Å²) in [5.74, 6) is 1.71. The van der Waals surface area contributed by atoms with Gasteiger partial charge < -0.3 is 10.2 Å². The van der Waals surface area contributed by atoms with E-state index >= 15 is 0 Å². The molecule has 6 nitrogen and oxygen atoms in total. The molecule has 1 saturated heterocycles. The molecular formula is C28H35Cl2N5OS. The molecule has 1 atom stereocenters. The van der Waals surface area contributed by atoms with Crippen molar-refractivity contribution in [3.8, 4) is 5.69 Å². The zero-order valence-electron chi connectivity index (χ0n) is 21.3. The first-order valence-corrected chi connectivity index (χ1v) is 14.8. The molecule has 37 heavy (non-hydrogen) atoms.